The average Bonchev–Trinajstić information content (AvgIpc) is 2.35. The molecule has 25 heavy (non-hydrogen) atoms. The first-order valence-corrected chi connectivity index (χ1v) is 9.02. The van der Waals surface area contributed by atoms with E-state index in [-0.39, 0.29) is 38.1 Å². The number of rotatable bonds is 1. The van der Waals surface area contributed by atoms with Crippen LogP contribution in [0.15, 0.2) is 29.3 Å². The number of para-hydroxylation sites is 1. The Balaban J connectivity index is -0.000000143. The minimum atomic E-state index is 0. The summed E-state index contributed by atoms with van der Waals surface area (Å²) in [6, 6.07) is 10.6. The van der Waals surface area contributed by atoms with Crippen LogP contribution in [0.5, 0.6) is 0 Å². The van der Waals surface area contributed by atoms with Crippen molar-refractivity contribution in [3.63, 3.8) is 0 Å². The number of benzene rings is 1. The molecule has 0 saturated heterocycles. The Kier molecular flexibility index (Phi) is 21.1. The summed E-state index contributed by atoms with van der Waals surface area (Å²) in [6.07, 6.45) is 3.03. The van der Waals surface area contributed by atoms with Crippen molar-refractivity contribution in [2.45, 2.75) is 90.0 Å². The second-order valence-electron chi connectivity index (χ2n) is 9.72. The Hall–Kier alpha value is -0.00610. The Bertz CT molecular complexity index is 376. The van der Waals surface area contributed by atoms with Gasteiger partial charge in [0.1, 0.15) is 0 Å². The third-order valence-electron chi connectivity index (χ3n) is 1.20. The normalized spacial score (nSPS) is 10.9. The van der Waals surface area contributed by atoms with Crippen LogP contribution in [0.25, 0.3) is 0 Å². The SMILES string of the molecule is CC.CC(C)(C)C.CC(C)(C)C.CC(C)(C)[C-]=Nc1[c-]cccc1.[Y]. The van der Waals surface area contributed by atoms with E-state index in [4.69, 9.17) is 0 Å². The molecule has 0 bridgehead atoms. The fourth-order valence-corrected chi connectivity index (χ4v) is 0.681. The molecule has 0 atom stereocenters. The Morgan fingerprint density at radius 1 is 0.760 bits per heavy atom. The molecule has 0 aliphatic rings. The van der Waals surface area contributed by atoms with Crippen molar-refractivity contribution in [1.29, 1.82) is 0 Å². The van der Waals surface area contributed by atoms with Crippen LogP contribution in [0.2, 0.25) is 0 Å². The molecule has 0 unspecified atom stereocenters. The van der Waals surface area contributed by atoms with Crippen molar-refractivity contribution in [2.24, 2.45) is 21.2 Å². The first kappa shape index (κ1) is 32.6. The maximum Gasteiger partial charge on any atom is 0 e. The maximum absolute atomic E-state index is 4.17. The number of nitrogens with zero attached hydrogens (tertiary/aromatic N) is 1. The third-order valence-corrected chi connectivity index (χ3v) is 1.20. The largest absolute Gasteiger partial charge is 0.481 e. The minimum absolute atomic E-state index is 0. The summed E-state index contributed by atoms with van der Waals surface area (Å²) in [6.45, 7) is 27.7. The molecule has 1 radical (unpaired) electrons. The van der Waals surface area contributed by atoms with Crippen LogP contribution in [-0.2, 0) is 32.7 Å². The molecule has 1 aromatic rings. The molecule has 0 aliphatic carbocycles. The smallest absolute Gasteiger partial charge is 0 e. The van der Waals surface area contributed by atoms with Crippen molar-refractivity contribution >= 4 is 11.9 Å². The van der Waals surface area contributed by atoms with Gasteiger partial charge in [-0.3, -0.25) is 6.07 Å². The van der Waals surface area contributed by atoms with Crippen molar-refractivity contribution in [1.82, 2.24) is 0 Å². The molecule has 2 heteroatoms. The summed E-state index contributed by atoms with van der Waals surface area (Å²) in [5.41, 5.74) is 1.86. The number of hydrogen-bond donors (Lipinski definition) is 0. The fourth-order valence-electron chi connectivity index (χ4n) is 0.681. The molecular weight excluding hydrogens is 379 g/mol. The maximum atomic E-state index is 4.17. The predicted octanol–water partition coefficient (Wildman–Crippen LogP) is 8.24. The Morgan fingerprint density at radius 2 is 1.12 bits per heavy atom. The first-order valence-electron chi connectivity index (χ1n) is 9.02. The minimum Gasteiger partial charge on any atom is -0.481 e. The van der Waals surface area contributed by atoms with Crippen LogP contribution in [-0.4, -0.2) is 6.21 Å². The van der Waals surface area contributed by atoms with E-state index in [2.05, 4.69) is 93.4 Å². The molecule has 1 aromatic carbocycles. The second-order valence-corrected chi connectivity index (χ2v) is 9.72. The van der Waals surface area contributed by atoms with Gasteiger partial charge in [0.15, 0.2) is 0 Å². The summed E-state index contributed by atoms with van der Waals surface area (Å²) in [7, 11) is 0. The van der Waals surface area contributed by atoms with Gasteiger partial charge in [-0.1, -0.05) is 95.4 Å². The third kappa shape index (κ3) is 59.3. The Morgan fingerprint density at radius 3 is 1.36 bits per heavy atom. The van der Waals surface area contributed by atoms with Crippen molar-refractivity contribution in [2.75, 3.05) is 0 Å². The molecule has 0 spiro atoms. The molecule has 0 aromatic heterocycles. The van der Waals surface area contributed by atoms with Gasteiger partial charge in [-0.2, -0.15) is 24.4 Å². The van der Waals surface area contributed by atoms with Gasteiger partial charge in [-0.15, -0.1) is 0 Å². The van der Waals surface area contributed by atoms with E-state index in [0.29, 0.717) is 10.8 Å². The van der Waals surface area contributed by atoms with E-state index in [1.54, 1.807) is 0 Å². The molecule has 0 heterocycles. The van der Waals surface area contributed by atoms with Crippen LogP contribution in [0.1, 0.15) is 90.0 Å². The van der Waals surface area contributed by atoms with Crippen molar-refractivity contribution in [3.05, 3.63) is 30.3 Å². The van der Waals surface area contributed by atoms with Gasteiger partial charge in [0.2, 0.25) is 0 Å². The zero-order chi connectivity index (χ0) is 20.0. The van der Waals surface area contributed by atoms with Crippen LogP contribution >= 0.6 is 0 Å². The summed E-state index contributed by atoms with van der Waals surface area (Å²) < 4.78 is 0. The topological polar surface area (TPSA) is 12.4 Å². The van der Waals surface area contributed by atoms with Gasteiger partial charge in [-0.25, -0.2) is 11.8 Å². The van der Waals surface area contributed by atoms with Gasteiger partial charge in [0.25, 0.3) is 0 Å². The second kappa shape index (κ2) is 16.2. The molecule has 145 valence electrons. The van der Waals surface area contributed by atoms with Gasteiger partial charge >= 0.3 is 0 Å². The summed E-state index contributed by atoms with van der Waals surface area (Å²) in [5, 5.41) is 0. The number of aliphatic imine (C=N–C) groups is 1. The standard InChI is InChI=1S/C11H13N.2C5H12.C2H6.Y/c1-11(2,3)9-12-10-7-5-4-6-8-10;2*1-5(2,3)4;1-2;/h4-7H,1-3H3;2*1-4H3;1-2H3;/q-2;;;;. The van der Waals surface area contributed by atoms with Gasteiger partial charge < -0.3 is 4.99 Å². The van der Waals surface area contributed by atoms with Gasteiger partial charge in [-0.05, 0) is 10.8 Å². The zero-order valence-electron chi connectivity index (χ0n) is 19.3. The van der Waals surface area contributed by atoms with Crippen LogP contribution < -0.4 is 0 Å². The van der Waals surface area contributed by atoms with E-state index in [1.165, 1.54) is 0 Å². The van der Waals surface area contributed by atoms with Gasteiger partial charge in [0.05, 0.1) is 0 Å². The van der Waals surface area contributed by atoms with E-state index in [9.17, 15) is 0 Å². The molecule has 0 N–H and O–H groups in total. The van der Waals surface area contributed by atoms with E-state index in [0.717, 1.165) is 5.69 Å². The van der Waals surface area contributed by atoms with Crippen LogP contribution in [0, 0.1) is 22.3 Å². The molecule has 0 saturated carbocycles. The predicted molar refractivity (Wildman–Crippen MR) is 113 cm³/mol. The molecular formula is C23H43NY-2. The average molecular weight is 423 g/mol. The van der Waals surface area contributed by atoms with E-state index in [1.807, 2.05) is 38.1 Å². The monoisotopic (exact) mass is 422 g/mol. The van der Waals surface area contributed by atoms with Crippen LogP contribution in [0.3, 0.4) is 0 Å². The fraction of sp³-hybridized carbons (Fsp3) is 0.696. The quantitative estimate of drug-likeness (QED) is 0.319. The summed E-state index contributed by atoms with van der Waals surface area (Å²) in [5.74, 6) is 0. The summed E-state index contributed by atoms with van der Waals surface area (Å²) in [4.78, 5) is 4.17. The molecule has 1 rings (SSSR count). The molecule has 1 nitrogen and oxygen atoms in total. The number of hydrogen-bond acceptors (Lipinski definition) is 1. The molecule has 0 aliphatic heterocycles. The van der Waals surface area contributed by atoms with Crippen LogP contribution in [0.4, 0.5) is 5.69 Å². The van der Waals surface area contributed by atoms with Gasteiger partial charge in [0, 0.05) is 32.7 Å². The molecule has 0 fully saturated rings. The van der Waals surface area contributed by atoms with Crippen molar-refractivity contribution < 1.29 is 32.7 Å². The Labute approximate surface area is 185 Å². The zero-order valence-corrected chi connectivity index (χ0v) is 22.2. The molecule has 0 amide bonds. The van der Waals surface area contributed by atoms with E-state index < -0.39 is 0 Å². The van der Waals surface area contributed by atoms with Crippen molar-refractivity contribution in [3.8, 4) is 0 Å². The first-order chi connectivity index (χ1) is 10.6. The van der Waals surface area contributed by atoms with E-state index >= 15 is 0 Å². The summed E-state index contributed by atoms with van der Waals surface area (Å²) >= 11 is 0.